The van der Waals surface area contributed by atoms with Gasteiger partial charge in [-0.3, -0.25) is 15.6 Å². The van der Waals surface area contributed by atoms with Crippen LogP contribution in [0.25, 0.3) is 0 Å². The first-order valence-electron chi connectivity index (χ1n) is 10.4. The highest BCUT2D eigenvalue weighted by Gasteiger charge is 2.36. The number of likely N-dealkylation sites (tertiary alicyclic amines) is 1. The van der Waals surface area contributed by atoms with Crippen molar-refractivity contribution in [3.63, 3.8) is 0 Å². The molecule has 29 heavy (non-hydrogen) atoms. The molecule has 0 radical (unpaired) electrons. The fourth-order valence-electron chi connectivity index (χ4n) is 4.54. The molecule has 1 aromatic rings. The lowest BCUT2D eigenvalue weighted by molar-refractivity contribution is -0.136. The lowest BCUT2D eigenvalue weighted by atomic mass is 9.91. The topological polar surface area (TPSA) is 108 Å². The number of aromatic nitrogens is 2. The maximum Gasteiger partial charge on any atom is 0.228 e. The van der Waals surface area contributed by atoms with E-state index < -0.39 is 9.84 Å². The molecule has 2 N–H and O–H groups in total. The van der Waals surface area contributed by atoms with E-state index >= 15 is 0 Å². The third-order valence-electron chi connectivity index (χ3n) is 6.32. The van der Waals surface area contributed by atoms with Crippen molar-refractivity contribution in [2.75, 3.05) is 43.9 Å². The second kappa shape index (κ2) is 8.16. The number of rotatable bonds is 4. The van der Waals surface area contributed by atoms with Gasteiger partial charge in [0.15, 0.2) is 9.84 Å². The molecular formula is C19H30N6O3S. The molecule has 0 aromatic carbocycles. The van der Waals surface area contributed by atoms with Crippen LogP contribution in [0.4, 0.5) is 5.95 Å². The summed E-state index contributed by atoms with van der Waals surface area (Å²) in [4.78, 5) is 26.1. The third-order valence-corrected chi connectivity index (χ3v) is 7.44. The summed E-state index contributed by atoms with van der Waals surface area (Å²) in [5.74, 6) is 0.752. The SMILES string of the molecule is CC1NNCC1C(=O)N1CCC(c2nc(N3CCCC3)ncc2S(C)(=O)=O)CC1. The number of hydrogen-bond acceptors (Lipinski definition) is 8. The zero-order chi connectivity index (χ0) is 20.6. The Balaban J connectivity index is 1.52. The van der Waals surface area contributed by atoms with Gasteiger partial charge >= 0.3 is 0 Å². The molecule has 0 spiro atoms. The van der Waals surface area contributed by atoms with Gasteiger partial charge in [0.2, 0.25) is 11.9 Å². The summed E-state index contributed by atoms with van der Waals surface area (Å²) in [6.07, 6.45) is 6.33. The van der Waals surface area contributed by atoms with Crippen molar-refractivity contribution in [2.24, 2.45) is 5.92 Å². The normalized spacial score (nSPS) is 26.3. The van der Waals surface area contributed by atoms with Crippen LogP contribution in [0.15, 0.2) is 11.1 Å². The number of nitrogens with zero attached hydrogens (tertiary/aromatic N) is 4. The Morgan fingerprint density at radius 2 is 1.86 bits per heavy atom. The van der Waals surface area contributed by atoms with Gasteiger partial charge in [-0.2, -0.15) is 0 Å². The van der Waals surface area contributed by atoms with Crippen LogP contribution in [0.2, 0.25) is 0 Å². The first-order chi connectivity index (χ1) is 13.8. The summed E-state index contributed by atoms with van der Waals surface area (Å²) >= 11 is 0. The molecule has 3 fully saturated rings. The number of carbonyl (C=O) groups excluding carboxylic acids is 1. The van der Waals surface area contributed by atoms with Gasteiger partial charge < -0.3 is 9.80 Å². The van der Waals surface area contributed by atoms with Crippen LogP contribution in [-0.2, 0) is 14.6 Å². The van der Waals surface area contributed by atoms with Crippen molar-refractivity contribution >= 4 is 21.7 Å². The van der Waals surface area contributed by atoms with Crippen LogP contribution < -0.4 is 15.8 Å². The van der Waals surface area contributed by atoms with E-state index in [0.29, 0.717) is 44.1 Å². The molecule has 0 saturated carbocycles. The first-order valence-corrected chi connectivity index (χ1v) is 12.3. The summed E-state index contributed by atoms with van der Waals surface area (Å²) in [7, 11) is -3.41. The monoisotopic (exact) mass is 422 g/mol. The van der Waals surface area contributed by atoms with Gasteiger partial charge in [0, 0.05) is 50.9 Å². The lowest BCUT2D eigenvalue weighted by Gasteiger charge is -2.34. The smallest absolute Gasteiger partial charge is 0.228 e. The van der Waals surface area contributed by atoms with E-state index in [9.17, 15) is 13.2 Å². The molecule has 1 amide bonds. The molecule has 4 heterocycles. The quantitative estimate of drug-likeness (QED) is 0.713. The average molecular weight is 423 g/mol. The molecule has 2 atom stereocenters. The fourth-order valence-corrected chi connectivity index (χ4v) is 5.37. The van der Waals surface area contributed by atoms with Gasteiger partial charge in [0.05, 0.1) is 17.8 Å². The zero-order valence-electron chi connectivity index (χ0n) is 17.1. The third kappa shape index (κ3) is 4.24. The number of piperidine rings is 1. The van der Waals surface area contributed by atoms with Gasteiger partial charge in [-0.25, -0.2) is 18.4 Å². The van der Waals surface area contributed by atoms with E-state index in [-0.39, 0.29) is 28.7 Å². The zero-order valence-corrected chi connectivity index (χ0v) is 17.9. The number of sulfone groups is 1. The second-order valence-electron chi connectivity index (χ2n) is 8.41. The van der Waals surface area contributed by atoms with Crippen molar-refractivity contribution in [1.29, 1.82) is 0 Å². The predicted molar refractivity (Wildman–Crippen MR) is 109 cm³/mol. The molecule has 4 rings (SSSR count). The van der Waals surface area contributed by atoms with E-state index in [2.05, 4.69) is 20.7 Å². The molecular weight excluding hydrogens is 392 g/mol. The molecule has 0 bridgehead atoms. The maximum atomic E-state index is 12.8. The Hall–Kier alpha value is -1.78. The molecule has 9 nitrogen and oxygen atoms in total. The van der Waals surface area contributed by atoms with Gasteiger partial charge in [-0.15, -0.1) is 0 Å². The first kappa shape index (κ1) is 20.5. The Morgan fingerprint density at radius 3 is 2.45 bits per heavy atom. The molecule has 3 aliphatic heterocycles. The summed E-state index contributed by atoms with van der Waals surface area (Å²) in [5.41, 5.74) is 6.76. The fraction of sp³-hybridized carbons (Fsp3) is 0.737. The molecule has 3 saturated heterocycles. The summed E-state index contributed by atoms with van der Waals surface area (Å²) in [6, 6.07) is 0.113. The van der Waals surface area contributed by atoms with Crippen LogP contribution in [0.1, 0.15) is 44.2 Å². The highest BCUT2D eigenvalue weighted by molar-refractivity contribution is 7.90. The van der Waals surface area contributed by atoms with Crippen LogP contribution in [0.3, 0.4) is 0 Å². The van der Waals surface area contributed by atoms with Crippen LogP contribution in [0, 0.1) is 5.92 Å². The van der Waals surface area contributed by atoms with Crippen LogP contribution >= 0.6 is 0 Å². The number of hydrogen-bond donors (Lipinski definition) is 2. The van der Waals surface area contributed by atoms with Crippen LogP contribution in [0.5, 0.6) is 0 Å². The second-order valence-corrected chi connectivity index (χ2v) is 10.4. The van der Waals surface area contributed by atoms with Gasteiger partial charge in [-0.1, -0.05) is 0 Å². The Labute approximate surface area is 172 Å². The number of carbonyl (C=O) groups is 1. The number of anilines is 1. The van der Waals surface area contributed by atoms with Crippen molar-refractivity contribution < 1.29 is 13.2 Å². The molecule has 2 unspecified atom stereocenters. The Kier molecular flexibility index (Phi) is 5.76. The van der Waals surface area contributed by atoms with Crippen molar-refractivity contribution in [3.8, 4) is 0 Å². The minimum Gasteiger partial charge on any atom is -0.342 e. The standard InChI is InChI=1S/C19H30N6O3S/c1-13-15(11-21-23-13)18(26)24-9-5-14(6-10-24)17-16(29(2,27)28)12-20-19(22-17)25-7-3-4-8-25/h12-15,21,23H,3-11H2,1-2H3. The van der Waals surface area contributed by atoms with Crippen molar-refractivity contribution in [2.45, 2.75) is 49.5 Å². The summed E-state index contributed by atoms with van der Waals surface area (Å²) < 4.78 is 24.7. The van der Waals surface area contributed by atoms with E-state index in [0.717, 1.165) is 25.9 Å². The van der Waals surface area contributed by atoms with Gasteiger partial charge in [-0.05, 0) is 32.6 Å². The van der Waals surface area contributed by atoms with E-state index in [1.165, 1.54) is 12.5 Å². The average Bonchev–Trinajstić information content (AvgIpc) is 3.38. The largest absolute Gasteiger partial charge is 0.342 e. The van der Waals surface area contributed by atoms with E-state index in [1.807, 2.05) is 11.8 Å². The highest BCUT2D eigenvalue weighted by atomic mass is 32.2. The molecule has 3 aliphatic rings. The lowest BCUT2D eigenvalue weighted by Crippen LogP contribution is -2.44. The van der Waals surface area contributed by atoms with Gasteiger partial charge in [0.1, 0.15) is 4.90 Å². The maximum absolute atomic E-state index is 12.8. The molecule has 1 aromatic heterocycles. The summed E-state index contributed by atoms with van der Waals surface area (Å²) in [6.45, 7) is 5.72. The van der Waals surface area contributed by atoms with E-state index in [4.69, 9.17) is 4.98 Å². The predicted octanol–water partition coefficient (Wildman–Crippen LogP) is 0.299. The van der Waals surface area contributed by atoms with Crippen molar-refractivity contribution in [3.05, 3.63) is 11.9 Å². The van der Waals surface area contributed by atoms with Crippen LogP contribution in [-0.4, -0.2) is 74.2 Å². The number of hydrazine groups is 1. The number of nitrogens with one attached hydrogen (secondary N) is 2. The van der Waals surface area contributed by atoms with Crippen molar-refractivity contribution in [1.82, 2.24) is 25.7 Å². The molecule has 10 heteroatoms. The number of amides is 1. The Bertz CT molecular complexity index is 863. The molecule has 0 aliphatic carbocycles. The van der Waals surface area contributed by atoms with Gasteiger partial charge in [0.25, 0.3) is 0 Å². The van der Waals surface area contributed by atoms with E-state index in [1.54, 1.807) is 0 Å². The minimum absolute atomic E-state index is 0.0189. The minimum atomic E-state index is -3.41. The Morgan fingerprint density at radius 1 is 1.17 bits per heavy atom. The summed E-state index contributed by atoms with van der Waals surface area (Å²) in [5, 5.41) is 0. The molecule has 160 valence electrons. The highest BCUT2D eigenvalue weighted by Crippen LogP contribution is 2.33.